The third-order valence-corrected chi connectivity index (χ3v) is 5.26. The average molecular weight is 308 g/mol. The summed E-state index contributed by atoms with van der Waals surface area (Å²) in [7, 11) is 6.51. The van der Waals surface area contributed by atoms with Crippen LogP contribution in [0.1, 0.15) is 29.7 Å². The predicted molar refractivity (Wildman–Crippen MR) is 87.6 cm³/mol. The molecular weight excluding hydrogens is 284 g/mol. The molecule has 1 aliphatic rings. The van der Waals surface area contributed by atoms with E-state index >= 15 is 0 Å². The van der Waals surface area contributed by atoms with Crippen LogP contribution >= 0.6 is 11.3 Å². The molecule has 0 atom stereocenters. The van der Waals surface area contributed by atoms with Gasteiger partial charge in [-0.25, -0.2) is 4.79 Å². The number of carboxylic acids is 1. The summed E-state index contributed by atoms with van der Waals surface area (Å²) in [5, 5.41) is 10.7. The molecule has 1 aliphatic carbocycles. The second kappa shape index (κ2) is 6.73. The first kappa shape index (κ1) is 16.2. The van der Waals surface area contributed by atoms with Crippen LogP contribution in [0.4, 0.5) is 0 Å². The number of carbonyl (C=O) groups is 1. The zero-order chi connectivity index (χ0) is 15.5. The van der Waals surface area contributed by atoms with E-state index in [1.807, 2.05) is 5.38 Å². The minimum atomic E-state index is -0.905. The highest BCUT2D eigenvalue weighted by Crippen LogP contribution is 2.37. The molecule has 5 heteroatoms. The smallest absolute Gasteiger partial charge is 0.328 e. The average Bonchev–Trinajstić information content (AvgIpc) is 2.78. The lowest BCUT2D eigenvalue weighted by molar-refractivity contribution is -0.131. The van der Waals surface area contributed by atoms with Crippen molar-refractivity contribution >= 4 is 23.4 Å². The number of hydrogen-bond acceptors (Lipinski definition) is 4. The SMILES string of the molecule is CN(Cc1cc(/C=C/C(=O)O)cs1)CC1(N(C)C)CCC1. The lowest BCUT2D eigenvalue weighted by Crippen LogP contribution is -2.56. The van der Waals surface area contributed by atoms with Crippen LogP contribution in [0.15, 0.2) is 17.5 Å². The number of carboxylic acid groups (broad SMARTS) is 1. The molecule has 1 heterocycles. The Morgan fingerprint density at radius 1 is 1.43 bits per heavy atom. The number of aliphatic carboxylic acids is 1. The second-order valence-electron chi connectivity index (χ2n) is 6.16. The fourth-order valence-corrected chi connectivity index (χ4v) is 3.82. The number of hydrogen-bond donors (Lipinski definition) is 1. The first-order valence-electron chi connectivity index (χ1n) is 7.26. The summed E-state index contributed by atoms with van der Waals surface area (Å²) < 4.78 is 0. The van der Waals surface area contributed by atoms with E-state index in [0.717, 1.165) is 18.7 Å². The Kier molecular flexibility index (Phi) is 5.19. The summed E-state index contributed by atoms with van der Waals surface area (Å²) in [5.74, 6) is -0.905. The Bertz CT molecular complexity index is 518. The summed E-state index contributed by atoms with van der Waals surface area (Å²) in [6.07, 6.45) is 6.72. The molecule has 1 N–H and O–H groups in total. The third-order valence-electron chi connectivity index (χ3n) is 4.32. The molecule has 21 heavy (non-hydrogen) atoms. The van der Waals surface area contributed by atoms with Crippen LogP contribution in [0.5, 0.6) is 0 Å². The van der Waals surface area contributed by atoms with E-state index in [0.29, 0.717) is 5.54 Å². The highest BCUT2D eigenvalue weighted by atomic mass is 32.1. The zero-order valence-electron chi connectivity index (χ0n) is 13.0. The Morgan fingerprint density at radius 3 is 2.67 bits per heavy atom. The van der Waals surface area contributed by atoms with Gasteiger partial charge in [-0.2, -0.15) is 0 Å². The molecule has 1 saturated carbocycles. The van der Waals surface area contributed by atoms with Crippen molar-refractivity contribution in [2.24, 2.45) is 0 Å². The lowest BCUT2D eigenvalue weighted by atomic mass is 9.75. The van der Waals surface area contributed by atoms with Gasteiger partial charge in [0.15, 0.2) is 0 Å². The van der Waals surface area contributed by atoms with Gasteiger partial charge in [-0.3, -0.25) is 4.90 Å². The van der Waals surface area contributed by atoms with Crippen LogP contribution in [-0.4, -0.2) is 54.1 Å². The van der Waals surface area contributed by atoms with Gasteiger partial charge in [0.1, 0.15) is 0 Å². The van der Waals surface area contributed by atoms with Crippen molar-refractivity contribution in [1.29, 1.82) is 0 Å². The molecule has 1 fully saturated rings. The molecule has 0 amide bonds. The standard InChI is InChI=1S/C16H24N2O2S/c1-17(2)16(7-4-8-16)12-18(3)10-14-9-13(11-21-14)5-6-15(19)20/h5-6,9,11H,4,7-8,10,12H2,1-3H3,(H,19,20)/b6-5+. The normalized spacial score (nSPS) is 17.6. The molecule has 0 aliphatic heterocycles. The van der Waals surface area contributed by atoms with Gasteiger partial charge < -0.3 is 10.0 Å². The molecule has 0 spiro atoms. The van der Waals surface area contributed by atoms with Crippen LogP contribution in [0.3, 0.4) is 0 Å². The van der Waals surface area contributed by atoms with E-state index in [1.54, 1.807) is 17.4 Å². The fourth-order valence-electron chi connectivity index (χ4n) is 2.89. The monoisotopic (exact) mass is 308 g/mol. The van der Waals surface area contributed by atoms with E-state index in [9.17, 15) is 4.79 Å². The largest absolute Gasteiger partial charge is 0.478 e. The van der Waals surface area contributed by atoms with E-state index in [2.05, 4.69) is 37.0 Å². The van der Waals surface area contributed by atoms with Gasteiger partial charge in [-0.1, -0.05) is 0 Å². The molecule has 2 rings (SSSR count). The molecule has 0 bridgehead atoms. The van der Waals surface area contributed by atoms with Crippen LogP contribution in [0, 0.1) is 0 Å². The zero-order valence-corrected chi connectivity index (χ0v) is 13.8. The van der Waals surface area contributed by atoms with Crippen molar-refractivity contribution in [3.63, 3.8) is 0 Å². The summed E-state index contributed by atoms with van der Waals surface area (Å²) in [6, 6.07) is 2.07. The van der Waals surface area contributed by atoms with Crippen LogP contribution < -0.4 is 0 Å². The molecule has 1 aromatic rings. The third kappa shape index (κ3) is 4.15. The van der Waals surface area contributed by atoms with Crippen LogP contribution in [0.2, 0.25) is 0 Å². The van der Waals surface area contributed by atoms with Crippen LogP contribution in [0.25, 0.3) is 6.08 Å². The van der Waals surface area contributed by atoms with Gasteiger partial charge >= 0.3 is 5.97 Å². The van der Waals surface area contributed by atoms with Crippen molar-refractivity contribution in [3.8, 4) is 0 Å². The van der Waals surface area contributed by atoms with Gasteiger partial charge in [-0.15, -0.1) is 11.3 Å². The van der Waals surface area contributed by atoms with E-state index in [-0.39, 0.29) is 0 Å². The molecule has 1 aromatic heterocycles. The number of likely N-dealkylation sites (N-methyl/N-ethyl adjacent to an activating group) is 2. The van der Waals surface area contributed by atoms with Crippen molar-refractivity contribution in [3.05, 3.63) is 28.0 Å². The fraction of sp³-hybridized carbons (Fsp3) is 0.562. The van der Waals surface area contributed by atoms with Crippen molar-refractivity contribution < 1.29 is 9.90 Å². The molecule has 4 nitrogen and oxygen atoms in total. The molecule has 0 radical (unpaired) electrons. The highest BCUT2D eigenvalue weighted by molar-refractivity contribution is 7.10. The molecule has 0 aromatic carbocycles. The molecule has 116 valence electrons. The van der Waals surface area contributed by atoms with E-state index < -0.39 is 5.97 Å². The Hall–Kier alpha value is -1.17. The summed E-state index contributed by atoms with van der Waals surface area (Å²) in [6.45, 7) is 2.00. The maximum Gasteiger partial charge on any atom is 0.328 e. The van der Waals surface area contributed by atoms with Gasteiger partial charge in [-0.05, 0) is 63.5 Å². The van der Waals surface area contributed by atoms with Gasteiger partial charge in [0.05, 0.1) is 0 Å². The Balaban J connectivity index is 1.91. The van der Waals surface area contributed by atoms with E-state index in [4.69, 9.17) is 5.11 Å². The predicted octanol–water partition coefficient (Wildman–Crippen LogP) is 2.76. The van der Waals surface area contributed by atoms with Crippen molar-refractivity contribution in [2.45, 2.75) is 31.3 Å². The Labute approximate surface area is 130 Å². The minimum absolute atomic E-state index is 0.345. The number of thiophene rings is 1. The maximum absolute atomic E-state index is 10.5. The number of rotatable bonds is 7. The lowest BCUT2D eigenvalue weighted by Gasteiger charge is -2.49. The van der Waals surface area contributed by atoms with Crippen molar-refractivity contribution in [1.82, 2.24) is 9.80 Å². The first-order chi connectivity index (χ1) is 9.91. The highest BCUT2D eigenvalue weighted by Gasteiger charge is 2.39. The van der Waals surface area contributed by atoms with Gasteiger partial charge in [0, 0.05) is 29.6 Å². The second-order valence-corrected chi connectivity index (χ2v) is 7.16. The summed E-state index contributed by atoms with van der Waals surface area (Å²) in [5.41, 5.74) is 1.31. The topological polar surface area (TPSA) is 43.8 Å². The van der Waals surface area contributed by atoms with E-state index in [1.165, 1.54) is 30.2 Å². The minimum Gasteiger partial charge on any atom is -0.478 e. The van der Waals surface area contributed by atoms with Crippen molar-refractivity contribution in [2.75, 3.05) is 27.7 Å². The molecule has 0 unspecified atom stereocenters. The van der Waals surface area contributed by atoms with Crippen LogP contribution in [-0.2, 0) is 11.3 Å². The molecule has 0 saturated heterocycles. The van der Waals surface area contributed by atoms with Gasteiger partial charge in [0.2, 0.25) is 0 Å². The first-order valence-corrected chi connectivity index (χ1v) is 8.14. The quantitative estimate of drug-likeness (QED) is 0.787. The number of nitrogens with zero attached hydrogens (tertiary/aromatic N) is 2. The molecular formula is C16H24N2O2S. The summed E-state index contributed by atoms with van der Waals surface area (Å²) >= 11 is 1.69. The van der Waals surface area contributed by atoms with Gasteiger partial charge in [0.25, 0.3) is 0 Å². The maximum atomic E-state index is 10.5. The Morgan fingerprint density at radius 2 is 2.14 bits per heavy atom. The summed E-state index contributed by atoms with van der Waals surface area (Å²) in [4.78, 5) is 16.5.